The molecule has 142 valence electrons. The van der Waals surface area contributed by atoms with E-state index >= 15 is 0 Å². The van der Waals surface area contributed by atoms with Crippen LogP contribution in [0.4, 0.5) is 0 Å². The van der Waals surface area contributed by atoms with Gasteiger partial charge in [-0.1, -0.05) is 46.5 Å². The lowest BCUT2D eigenvalue weighted by molar-refractivity contribution is 0.0324. The molecule has 0 rings (SSSR count). The molecule has 23 heavy (non-hydrogen) atoms. The van der Waals surface area contributed by atoms with Crippen LogP contribution in [0.25, 0.3) is 0 Å². The zero-order valence-electron chi connectivity index (χ0n) is 15.6. The predicted octanol–water partition coefficient (Wildman–Crippen LogP) is 3.02. The van der Waals surface area contributed by atoms with E-state index in [1.54, 1.807) is 0 Å². The van der Waals surface area contributed by atoms with Crippen LogP contribution in [0.1, 0.15) is 59.3 Å². The van der Waals surface area contributed by atoms with Crippen molar-refractivity contribution in [2.75, 3.05) is 52.9 Å². The van der Waals surface area contributed by atoms with E-state index in [0.29, 0.717) is 32.3 Å². The molecule has 0 radical (unpaired) electrons. The Balaban J connectivity index is 0. The van der Waals surface area contributed by atoms with Crippen LogP contribution in [0.15, 0.2) is 0 Å². The second kappa shape index (κ2) is 24.1. The van der Waals surface area contributed by atoms with E-state index in [4.69, 9.17) is 24.4 Å². The minimum Gasteiger partial charge on any atom is -0.394 e. The van der Waals surface area contributed by atoms with Gasteiger partial charge in [-0.2, -0.15) is 0 Å². The van der Waals surface area contributed by atoms with E-state index in [-0.39, 0.29) is 13.2 Å². The molecule has 5 heteroatoms. The largest absolute Gasteiger partial charge is 0.394 e. The molecule has 0 aromatic carbocycles. The molecule has 0 aliphatic rings. The quantitative estimate of drug-likeness (QED) is 0.424. The normalized spacial score (nSPS) is 11.9. The van der Waals surface area contributed by atoms with Crippen molar-refractivity contribution in [3.05, 3.63) is 0 Å². The van der Waals surface area contributed by atoms with Crippen molar-refractivity contribution in [3.63, 3.8) is 0 Å². The maximum atomic E-state index is 8.50. The first-order chi connectivity index (χ1) is 11.3. The van der Waals surface area contributed by atoms with Gasteiger partial charge in [0.2, 0.25) is 0 Å². The monoisotopic (exact) mass is 336 g/mol. The molecule has 1 unspecified atom stereocenters. The Morgan fingerprint density at radius 1 is 0.696 bits per heavy atom. The van der Waals surface area contributed by atoms with Gasteiger partial charge < -0.3 is 24.4 Å². The van der Waals surface area contributed by atoms with Gasteiger partial charge in [-0.3, -0.25) is 0 Å². The summed E-state index contributed by atoms with van der Waals surface area (Å²) in [6.45, 7) is 10.5. The van der Waals surface area contributed by atoms with Crippen molar-refractivity contribution >= 4 is 0 Å². The van der Waals surface area contributed by atoms with E-state index < -0.39 is 0 Å². The molecule has 0 aliphatic carbocycles. The van der Waals surface area contributed by atoms with Crippen molar-refractivity contribution in [1.82, 2.24) is 0 Å². The topological polar surface area (TPSA) is 68.2 Å². The summed E-state index contributed by atoms with van der Waals surface area (Å²) in [5.41, 5.74) is 0. The van der Waals surface area contributed by atoms with E-state index in [1.165, 1.54) is 25.7 Å². The smallest absolute Gasteiger partial charge is 0.0701 e. The number of hydrogen-bond acceptors (Lipinski definition) is 5. The summed E-state index contributed by atoms with van der Waals surface area (Å²) in [7, 11) is 0. The minimum absolute atomic E-state index is 0.0922. The maximum Gasteiger partial charge on any atom is 0.0701 e. The molecule has 5 nitrogen and oxygen atoms in total. The highest BCUT2D eigenvalue weighted by Gasteiger charge is 2.04. The average molecular weight is 337 g/mol. The SMILES string of the molecule is CCCCC(CC)COCCO.CCCCOCCOCCO. The fraction of sp³-hybridized carbons (Fsp3) is 1.00. The standard InChI is InChI=1S/C10H22O2.C8H18O3/c1-3-5-6-10(4-2)9-12-8-7-11;1-2-3-5-10-7-8-11-6-4-9/h10-11H,3-9H2,1-2H3;9H,2-8H2,1H3. The summed E-state index contributed by atoms with van der Waals surface area (Å²) in [4.78, 5) is 0. The number of hydrogen-bond donors (Lipinski definition) is 2. The van der Waals surface area contributed by atoms with E-state index in [1.807, 2.05) is 0 Å². The van der Waals surface area contributed by atoms with Crippen LogP contribution in [-0.4, -0.2) is 63.1 Å². The summed E-state index contributed by atoms with van der Waals surface area (Å²) < 4.78 is 15.5. The molecular formula is C18H40O5. The van der Waals surface area contributed by atoms with Gasteiger partial charge in [-0.25, -0.2) is 0 Å². The maximum absolute atomic E-state index is 8.50. The van der Waals surface area contributed by atoms with Crippen LogP contribution in [0.3, 0.4) is 0 Å². The molecular weight excluding hydrogens is 296 g/mol. The number of ether oxygens (including phenoxy) is 3. The second-order valence-electron chi connectivity index (χ2n) is 5.52. The number of unbranched alkanes of at least 4 members (excludes halogenated alkanes) is 2. The van der Waals surface area contributed by atoms with Crippen molar-refractivity contribution in [3.8, 4) is 0 Å². The first-order valence-electron chi connectivity index (χ1n) is 9.21. The molecule has 0 aromatic heterocycles. The van der Waals surface area contributed by atoms with Gasteiger partial charge in [-0.05, 0) is 18.8 Å². The Labute approximate surface area is 143 Å². The zero-order valence-corrected chi connectivity index (χ0v) is 15.6. The molecule has 2 N–H and O–H groups in total. The Bertz CT molecular complexity index is 182. The van der Waals surface area contributed by atoms with Crippen molar-refractivity contribution < 1.29 is 24.4 Å². The fourth-order valence-corrected chi connectivity index (χ4v) is 1.85. The molecule has 0 saturated carbocycles. The first kappa shape index (κ1) is 25.0. The Kier molecular flexibility index (Phi) is 26.2. The Hall–Kier alpha value is -0.200. The zero-order chi connectivity index (χ0) is 17.6. The van der Waals surface area contributed by atoms with E-state index in [2.05, 4.69) is 20.8 Å². The van der Waals surface area contributed by atoms with Gasteiger partial charge in [0.05, 0.1) is 39.6 Å². The Morgan fingerprint density at radius 2 is 1.26 bits per heavy atom. The third-order valence-electron chi connectivity index (χ3n) is 3.38. The predicted molar refractivity (Wildman–Crippen MR) is 94.8 cm³/mol. The summed E-state index contributed by atoms with van der Waals surface area (Å²) >= 11 is 0. The third-order valence-corrected chi connectivity index (χ3v) is 3.38. The van der Waals surface area contributed by atoms with Crippen molar-refractivity contribution in [2.45, 2.75) is 59.3 Å². The highest BCUT2D eigenvalue weighted by molar-refractivity contribution is 4.55. The van der Waals surface area contributed by atoms with Crippen LogP contribution in [0, 0.1) is 5.92 Å². The van der Waals surface area contributed by atoms with E-state index in [0.717, 1.165) is 26.1 Å². The molecule has 0 aliphatic heterocycles. The van der Waals surface area contributed by atoms with Crippen molar-refractivity contribution in [2.24, 2.45) is 5.92 Å². The molecule has 0 spiro atoms. The number of rotatable bonds is 16. The molecule has 0 aromatic rings. The third kappa shape index (κ3) is 24.2. The minimum atomic E-state index is 0.0922. The average Bonchev–Trinajstić information content (AvgIpc) is 2.58. The van der Waals surface area contributed by atoms with Crippen LogP contribution >= 0.6 is 0 Å². The van der Waals surface area contributed by atoms with Gasteiger partial charge in [-0.15, -0.1) is 0 Å². The summed E-state index contributed by atoms with van der Waals surface area (Å²) in [6.07, 6.45) is 7.28. The van der Waals surface area contributed by atoms with Gasteiger partial charge >= 0.3 is 0 Å². The highest BCUT2D eigenvalue weighted by Crippen LogP contribution is 2.12. The summed E-state index contributed by atoms with van der Waals surface area (Å²) in [5, 5.41) is 16.8. The second-order valence-corrected chi connectivity index (χ2v) is 5.52. The van der Waals surface area contributed by atoms with Gasteiger partial charge in [0, 0.05) is 13.2 Å². The molecule has 0 bridgehead atoms. The first-order valence-corrected chi connectivity index (χ1v) is 9.21. The van der Waals surface area contributed by atoms with Crippen LogP contribution in [0.2, 0.25) is 0 Å². The molecule has 0 heterocycles. The van der Waals surface area contributed by atoms with Crippen LogP contribution in [0.5, 0.6) is 0 Å². The number of aliphatic hydroxyl groups excluding tert-OH is 2. The van der Waals surface area contributed by atoms with Crippen LogP contribution in [-0.2, 0) is 14.2 Å². The molecule has 0 amide bonds. The number of aliphatic hydroxyl groups is 2. The van der Waals surface area contributed by atoms with Gasteiger partial charge in [0.25, 0.3) is 0 Å². The van der Waals surface area contributed by atoms with Crippen LogP contribution < -0.4 is 0 Å². The molecule has 0 fully saturated rings. The fourth-order valence-electron chi connectivity index (χ4n) is 1.85. The van der Waals surface area contributed by atoms with Gasteiger partial charge in [0.15, 0.2) is 0 Å². The molecule has 1 atom stereocenters. The highest BCUT2D eigenvalue weighted by atomic mass is 16.5. The van der Waals surface area contributed by atoms with E-state index in [9.17, 15) is 0 Å². The Morgan fingerprint density at radius 3 is 1.78 bits per heavy atom. The molecule has 0 saturated heterocycles. The lowest BCUT2D eigenvalue weighted by Gasteiger charge is -2.13. The van der Waals surface area contributed by atoms with Crippen molar-refractivity contribution in [1.29, 1.82) is 0 Å². The lowest BCUT2D eigenvalue weighted by Crippen LogP contribution is -2.10. The van der Waals surface area contributed by atoms with Gasteiger partial charge in [0.1, 0.15) is 0 Å². The lowest BCUT2D eigenvalue weighted by atomic mass is 10.0. The summed E-state index contributed by atoms with van der Waals surface area (Å²) in [6, 6.07) is 0. The summed E-state index contributed by atoms with van der Waals surface area (Å²) in [5.74, 6) is 0.691.